The number of carbonyl (C=O) groups is 1. The lowest BCUT2D eigenvalue weighted by atomic mass is 9.76. The molecule has 1 saturated heterocycles. The van der Waals surface area contributed by atoms with Crippen LogP contribution in [-0.4, -0.2) is 30.4 Å². The molecule has 1 aliphatic carbocycles. The van der Waals surface area contributed by atoms with Crippen LogP contribution in [0.1, 0.15) is 58.8 Å². The molecule has 2 aliphatic rings. The van der Waals surface area contributed by atoms with Gasteiger partial charge in [0.15, 0.2) is 0 Å². The van der Waals surface area contributed by atoms with E-state index in [1.54, 1.807) is 0 Å². The molecule has 0 bridgehead atoms. The third kappa shape index (κ3) is 2.42. The Morgan fingerprint density at radius 3 is 2.22 bits per heavy atom. The zero-order chi connectivity index (χ0) is 13.2. The molecule has 1 aliphatic heterocycles. The van der Waals surface area contributed by atoms with Crippen molar-refractivity contribution in [1.82, 2.24) is 4.90 Å². The van der Waals surface area contributed by atoms with Crippen molar-refractivity contribution in [2.45, 2.75) is 58.8 Å². The van der Waals surface area contributed by atoms with Gasteiger partial charge in [0.1, 0.15) is 0 Å². The minimum Gasteiger partial charge on any atom is -0.342 e. The number of hydrogen-bond acceptors (Lipinski definition) is 2. The number of amides is 1. The summed E-state index contributed by atoms with van der Waals surface area (Å²) >= 11 is 0. The molecule has 3 nitrogen and oxygen atoms in total. The molecule has 2 N–H and O–H groups in total. The van der Waals surface area contributed by atoms with Gasteiger partial charge in [0.2, 0.25) is 5.91 Å². The van der Waals surface area contributed by atoms with Crippen LogP contribution >= 0.6 is 0 Å². The van der Waals surface area contributed by atoms with Gasteiger partial charge in [0, 0.05) is 19.6 Å². The zero-order valence-corrected chi connectivity index (χ0v) is 12.0. The molecule has 1 unspecified atom stereocenters. The molecular formula is C15H28N2O. The van der Waals surface area contributed by atoms with Crippen molar-refractivity contribution in [3.05, 3.63) is 0 Å². The van der Waals surface area contributed by atoms with Crippen LogP contribution in [0.25, 0.3) is 0 Å². The summed E-state index contributed by atoms with van der Waals surface area (Å²) in [7, 11) is 0. The smallest absolute Gasteiger partial charge is 0.229 e. The van der Waals surface area contributed by atoms with Gasteiger partial charge in [0.05, 0.1) is 5.41 Å². The highest BCUT2D eigenvalue weighted by Crippen LogP contribution is 2.46. The normalized spacial score (nSPS) is 26.3. The fourth-order valence-corrected chi connectivity index (χ4v) is 3.57. The first-order valence-electron chi connectivity index (χ1n) is 7.55. The van der Waals surface area contributed by atoms with E-state index in [9.17, 15) is 4.79 Å². The van der Waals surface area contributed by atoms with E-state index in [1.165, 1.54) is 38.5 Å². The Balaban J connectivity index is 1.95. The van der Waals surface area contributed by atoms with Crippen LogP contribution in [0.3, 0.4) is 0 Å². The number of piperidine rings is 1. The van der Waals surface area contributed by atoms with Crippen LogP contribution in [0, 0.1) is 10.8 Å². The van der Waals surface area contributed by atoms with Crippen LogP contribution < -0.4 is 5.73 Å². The fraction of sp³-hybridized carbons (Fsp3) is 0.933. The number of carbonyl (C=O) groups excluding carboxylic acids is 1. The second-order valence-electron chi connectivity index (χ2n) is 6.62. The summed E-state index contributed by atoms with van der Waals surface area (Å²) < 4.78 is 0. The Hall–Kier alpha value is -0.570. The molecular weight excluding hydrogens is 224 g/mol. The summed E-state index contributed by atoms with van der Waals surface area (Å²) in [5, 5.41) is 0. The second kappa shape index (κ2) is 5.20. The molecule has 1 spiro atoms. The lowest BCUT2D eigenvalue weighted by molar-refractivity contribution is -0.143. The van der Waals surface area contributed by atoms with Crippen molar-refractivity contribution in [3.63, 3.8) is 0 Å². The van der Waals surface area contributed by atoms with Crippen molar-refractivity contribution in [3.8, 4) is 0 Å². The van der Waals surface area contributed by atoms with Crippen molar-refractivity contribution < 1.29 is 4.79 Å². The predicted molar refractivity (Wildman–Crippen MR) is 74.2 cm³/mol. The molecule has 104 valence electrons. The highest BCUT2D eigenvalue weighted by Gasteiger charge is 2.41. The standard InChI is InChI=1S/C15H28N2O/c1-3-14(2,12-16)13(18)17-10-8-15(9-11-17)6-4-5-7-15/h3-12,16H2,1-2H3. The number of nitrogens with two attached hydrogens (primary N) is 1. The Labute approximate surface area is 111 Å². The third-order valence-electron chi connectivity index (χ3n) is 5.52. The van der Waals surface area contributed by atoms with E-state index in [0.29, 0.717) is 12.0 Å². The van der Waals surface area contributed by atoms with E-state index in [4.69, 9.17) is 5.73 Å². The average Bonchev–Trinajstić information content (AvgIpc) is 2.86. The molecule has 1 saturated carbocycles. The fourth-order valence-electron chi connectivity index (χ4n) is 3.57. The lowest BCUT2D eigenvalue weighted by Gasteiger charge is -2.42. The van der Waals surface area contributed by atoms with E-state index in [0.717, 1.165) is 19.5 Å². The number of likely N-dealkylation sites (tertiary alicyclic amines) is 1. The van der Waals surface area contributed by atoms with E-state index in [-0.39, 0.29) is 11.3 Å². The molecule has 0 aromatic rings. The molecule has 2 rings (SSSR count). The van der Waals surface area contributed by atoms with Crippen LogP contribution in [0.15, 0.2) is 0 Å². The average molecular weight is 252 g/mol. The lowest BCUT2D eigenvalue weighted by Crippen LogP contribution is -2.50. The number of hydrogen-bond donors (Lipinski definition) is 1. The van der Waals surface area contributed by atoms with Crippen molar-refractivity contribution in [2.24, 2.45) is 16.6 Å². The van der Waals surface area contributed by atoms with Gasteiger partial charge in [-0.05, 0) is 44.4 Å². The van der Waals surface area contributed by atoms with Crippen molar-refractivity contribution in [1.29, 1.82) is 0 Å². The SMILES string of the molecule is CCC(C)(CN)C(=O)N1CCC2(CCCC2)CC1. The molecule has 2 fully saturated rings. The highest BCUT2D eigenvalue weighted by molar-refractivity contribution is 5.82. The maximum absolute atomic E-state index is 12.5. The summed E-state index contributed by atoms with van der Waals surface area (Å²) in [5.74, 6) is 0.278. The maximum atomic E-state index is 12.5. The molecule has 1 amide bonds. The molecule has 0 aromatic carbocycles. The largest absolute Gasteiger partial charge is 0.342 e. The van der Waals surface area contributed by atoms with E-state index < -0.39 is 0 Å². The number of rotatable bonds is 3. The summed E-state index contributed by atoms with van der Waals surface area (Å²) in [4.78, 5) is 14.6. The van der Waals surface area contributed by atoms with Gasteiger partial charge in [-0.2, -0.15) is 0 Å². The molecule has 3 heteroatoms. The van der Waals surface area contributed by atoms with Crippen LogP contribution in [-0.2, 0) is 4.79 Å². The van der Waals surface area contributed by atoms with Gasteiger partial charge in [0.25, 0.3) is 0 Å². The first-order chi connectivity index (χ1) is 8.55. The Morgan fingerprint density at radius 2 is 1.78 bits per heavy atom. The van der Waals surface area contributed by atoms with E-state index in [1.807, 2.05) is 6.92 Å². The summed E-state index contributed by atoms with van der Waals surface area (Å²) in [6, 6.07) is 0. The van der Waals surface area contributed by atoms with Crippen molar-refractivity contribution >= 4 is 5.91 Å². The third-order valence-corrected chi connectivity index (χ3v) is 5.52. The van der Waals surface area contributed by atoms with E-state index >= 15 is 0 Å². The second-order valence-corrected chi connectivity index (χ2v) is 6.62. The van der Waals surface area contributed by atoms with Crippen LogP contribution in [0.4, 0.5) is 0 Å². The summed E-state index contributed by atoms with van der Waals surface area (Å²) in [6.45, 7) is 6.44. The van der Waals surface area contributed by atoms with Gasteiger partial charge >= 0.3 is 0 Å². The topological polar surface area (TPSA) is 46.3 Å². The van der Waals surface area contributed by atoms with Crippen LogP contribution in [0.5, 0.6) is 0 Å². The first-order valence-corrected chi connectivity index (χ1v) is 7.55. The first kappa shape index (κ1) is 13.9. The minimum atomic E-state index is -0.347. The summed E-state index contributed by atoms with van der Waals surface area (Å²) in [5.41, 5.74) is 6.03. The molecule has 0 aromatic heterocycles. The van der Waals surface area contributed by atoms with E-state index in [2.05, 4.69) is 11.8 Å². The molecule has 1 heterocycles. The minimum absolute atomic E-state index is 0.278. The monoisotopic (exact) mass is 252 g/mol. The van der Waals surface area contributed by atoms with Crippen molar-refractivity contribution in [2.75, 3.05) is 19.6 Å². The van der Waals surface area contributed by atoms with Gasteiger partial charge < -0.3 is 10.6 Å². The van der Waals surface area contributed by atoms with Gasteiger partial charge in [-0.25, -0.2) is 0 Å². The Bertz CT molecular complexity index is 294. The Morgan fingerprint density at radius 1 is 1.22 bits per heavy atom. The molecule has 18 heavy (non-hydrogen) atoms. The van der Waals surface area contributed by atoms with Gasteiger partial charge in [-0.15, -0.1) is 0 Å². The summed E-state index contributed by atoms with van der Waals surface area (Å²) in [6.07, 6.45) is 8.82. The van der Waals surface area contributed by atoms with Crippen LogP contribution in [0.2, 0.25) is 0 Å². The Kier molecular flexibility index (Phi) is 4.00. The maximum Gasteiger partial charge on any atom is 0.229 e. The predicted octanol–water partition coefficient (Wildman–Crippen LogP) is 2.54. The molecule has 0 radical (unpaired) electrons. The number of nitrogens with zero attached hydrogens (tertiary/aromatic N) is 1. The zero-order valence-electron chi connectivity index (χ0n) is 12.0. The van der Waals surface area contributed by atoms with Gasteiger partial charge in [-0.3, -0.25) is 4.79 Å². The van der Waals surface area contributed by atoms with Gasteiger partial charge in [-0.1, -0.05) is 19.8 Å². The highest BCUT2D eigenvalue weighted by atomic mass is 16.2. The quantitative estimate of drug-likeness (QED) is 0.839. The molecule has 1 atom stereocenters.